The van der Waals surface area contributed by atoms with E-state index in [1.807, 2.05) is 17.2 Å². The van der Waals surface area contributed by atoms with Crippen molar-refractivity contribution >= 4 is 11.7 Å². The fourth-order valence-electron chi connectivity index (χ4n) is 5.86. The summed E-state index contributed by atoms with van der Waals surface area (Å²) in [6.45, 7) is 5.67. The lowest BCUT2D eigenvalue weighted by Crippen LogP contribution is -2.58. The van der Waals surface area contributed by atoms with E-state index in [-0.39, 0.29) is 11.3 Å². The predicted molar refractivity (Wildman–Crippen MR) is 127 cm³/mol. The number of hydrogen-bond donors (Lipinski definition) is 0. The zero-order valence-corrected chi connectivity index (χ0v) is 19.1. The maximum atomic E-state index is 12.7. The molecule has 1 saturated carbocycles. The molecule has 3 fully saturated rings. The summed E-state index contributed by atoms with van der Waals surface area (Å²) < 4.78 is 0. The summed E-state index contributed by atoms with van der Waals surface area (Å²) >= 11 is 0. The van der Waals surface area contributed by atoms with E-state index in [1.54, 1.807) is 31.0 Å². The van der Waals surface area contributed by atoms with Crippen molar-refractivity contribution < 1.29 is 4.79 Å². The molecule has 3 aromatic heterocycles. The molecule has 5 heterocycles. The third-order valence-corrected chi connectivity index (χ3v) is 7.58. The normalized spacial score (nSPS) is 22.1. The predicted octanol–water partition coefficient (Wildman–Crippen LogP) is 2.15. The highest BCUT2D eigenvalue weighted by Crippen LogP contribution is 2.47. The molecular weight excluding hydrogens is 428 g/mol. The third-order valence-electron chi connectivity index (χ3n) is 7.58. The third kappa shape index (κ3) is 3.90. The Bertz CT molecular complexity index is 1140. The Balaban J connectivity index is 1.05. The number of nitrogens with zero attached hydrogens (tertiary/aromatic N) is 8. The molecule has 1 aliphatic carbocycles. The van der Waals surface area contributed by atoms with Gasteiger partial charge in [0, 0.05) is 87.3 Å². The molecule has 174 valence electrons. The van der Waals surface area contributed by atoms with Crippen LogP contribution in [0, 0.1) is 5.41 Å². The lowest BCUT2D eigenvalue weighted by Gasteiger charge is -2.49. The van der Waals surface area contributed by atoms with Gasteiger partial charge in [-0.2, -0.15) is 0 Å². The lowest BCUT2D eigenvalue weighted by atomic mass is 9.77. The fraction of sp³-hybridized carbons (Fsp3) is 0.440. The molecule has 2 aliphatic heterocycles. The first-order valence-electron chi connectivity index (χ1n) is 12.0. The smallest absolute Gasteiger partial charge is 0.257 e. The number of piperazine rings is 1. The largest absolute Gasteiger partial charge is 0.353 e. The number of carbonyl (C=O) groups excluding carboxylic acids is 1. The summed E-state index contributed by atoms with van der Waals surface area (Å²) in [5.74, 6) is 1.04. The minimum atomic E-state index is 0.0533. The van der Waals surface area contributed by atoms with Crippen LogP contribution in [0.25, 0.3) is 11.3 Å². The number of hydrogen-bond acceptors (Lipinski definition) is 8. The van der Waals surface area contributed by atoms with E-state index >= 15 is 0 Å². The Morgan fingerprint density at radius 3 is 2.53 bits per heavy atom. The van der Waals surface area contributed by atoms with E-state index < -0.39 is 0 Å². The van der Waals surface area contributed by atoms with Gasteiger partial charge < -0.3 is 9.80 Å². The van der Waals surface area contributed by atoms with Gasteiger partial charge in [-0.3, -0.25) is 19.7 Å². The maximum absolute atomic E-state index is 12.7. The Kier molecular flexibility index (Phi) is 5.41. The van der Waals surface area contributed by atoms with Crippen LogP contribution in [-0.4, -0.2) is 85.9 Å². The molecule has 3 aliphatic rings. The van der Waals surface area contributed by atoms with Gasteiger partial charge in [0.05, 0.1) is 17.5 Å². The van der Waals surface area contributed by atoms with Crippen LogP contribution in [0.5, 0.6) is 0 Å². The van der Waals surface area contributed by atoms with Gasteiger partial charge in [-0.05, 0) is 31.4 Å². The molecule has 9 heteroatoms. The second-order valence-electron chi connectivity index (χ2n) is 9.67. The van der Waals surface area contributed by atoms with Crippen molar-refractivity contribution in [2.45, 2.75) is 25.3 Å². The molecule has 3 aromatic rings. The first-order chi connectivity index (χ1) is 16.7. The summed E-state index contributed by atoms with van der Waals surface area (Å²) in [6.07, 6.45) is 15.3. The van der Waals surface area contributed by atoms with Crippen molar-refractivity contribution in [3.63, 3.8) is 0 Å². The zero-order valence-electron chi connectivity index (χ0n) is 19.1. The molecule has 0 radical (unpaired) electrons. The van der Waals surface area contributed by atoms with E-state index in [9.17, 15) is 4.79 Å². The van der Waals surface area contributed by atoms with Crippen molar-refractivity contribution in [3.8, 4) is 11.3 Å². The van der Waals surface area contributed by atoms with Gasteiger partial charge >= 0.3 is 0 Å². The van der Waals surface area contributed by atoms with Gasteiger partial charge in [0.1, 0.15) is 12.1 Å². The molecular formula is C25H28N8O. The van der Waals surface area contributed by atoms with Crippen LogP contribution in [0.4, 0.5) is 5.82 Å². The highest BCUT2D eigenvalue weighted by atomic mass is 16.2. The summed E-state index contributed by atoms with van der Waals surface area (Å²) in [4.78, 5) is 41.0. The Morgan fingerprint density at radius 2 is 1.76 bits per heavy atom. The highest BCUT2D eigenvalue weighted by molar-refractivity contribution is 5.94. The average Bonchev–Trinajstić information content (AvgIpc) is 3.35. The summed E-state index contributed by atoms with van der Waals surface area (Å²) in [5.41, 5.74) is 2.76. The van der Waals surface area contributed by atoms with Gasteiger partial charge in [-0.1, -0.05) is 0 Å². The molecule has 0 bridgehead atoms. The molecule has 1 spiro atoms. The van der Waals surface area contributed by atoms with Gasteiger partial charge in [-0.15, -0.1) is 0 Å². The second-order valence-corrected chi connectivity index (χ2v) is 9.67. The Morgan fingerprint density at radius 1 is 0.941 bits per heavy atom. The number of rotatable bonds is 4. The van der Waals surface area contributed by atoms with Gasteiger partial charge in [0.2, 0.25) is 0 Å². The Labute approximate surface area is 198 Å². The highest BCUT2D eigenvalue weighted by Gasteiger charge is 2.50. The van der Waals surface area contributed by atoms with Crippen LogP contribution in [0.2, 0.25) is 0 Å². The number of likely N-dealkylation sites (tertiary alicyclic amines) is 1. The van der Waals surface area contributed by atoms with Crippen molar-refractivity contribution in [3.05, 3.63) is 61.2 Å². The number of pyridine rings is 1. The van der Waals surface area contributed by atoms with E-state index in [4.69, 9.17) is 0 Å². The van der Waals surface area contributed by atoms with Crippen LogP contribution >= 0.6 is 0 Å². The van der Waals surface area contributed by atoms with Crippen LogP contribution < -0.4 is 4.90 Å². The molecule has 0 N–H and O–H groups in total. The molecule has 0 unspecified atom stereocenters. The van der Waals surface area contributed by atoms with E-state index in [0.717, 1.165) is 56.3 Å². The fourth-order valence-corrected chi connectivity index (χ4v) is 5.86. The first kappa shape index (κ1) is 21.1. The second kappa shape index (κ2) is 8.72. The van der Waals surface area contributed by atoms with Crippen molar-refractivity contribution in [1.82, 2.24) is 34.7 Å². The number of aromatic nitrogens is 5. The lowest BCUT2D eigenvalue weighted by molar-refractivity contribution is 0.00467. The summed E-state index contributed by atoms with van der Waals surface area (Å²) in [6, 6.07) is 4.63. The minimum absolute atomic E-state index is 0.0533. The van der Waals surface area contributed by atoms with Gasteiger partial charge in [0.15, 0.2) is 0 Å². The number of anilines is 1. The van der Waals surface area contributed by atoms with E-state index in [1.165, 1.54) is 25.6 Å². The molecule has 34 heavy (non-hydrogen) atoms. The zero-order chi connectivity index (χ0) is 23.0. The monoisotopic (exact) mass is 456 g/mol. The van der Waals surface area contributed by atoms with Crippen LogP contribution in [0.1, 0.15) is 29.6 Å². The van der Waals surface area contributed by atoms with Crippen molar-refractivity contribution in [2.24, 2.45) is 5.41 Å². The topological polar surface area (TPSA) is 91.2 Å². The van der Waals surface area contributed by atoms with Crippen LogP contribution in [-0.2, 0) is 0 Å². The SMILES string of the molecule is O=C(c1cncnc1)N1CC2(CC[C@@H](N3CCN(c4ncccc4-c4cnccn4)CC3)C2)C1. The standard InChI is InChI=1S/C25H28N8O/c34-24(19-13-27-18-28-14-19)33-16-25(17-33)4-3-20(12-25)31-8-10-32(11-9-31)23-21(2-1-5-30-23)22-15-26-6-7-29-22/h1-2,5-7,13-15,18,20H,3-4,8-12,16-17H2/t20-/m1/s1. The van der Waals surface area contributed by atoms with E-state index in [2.05, 4.69) is 40.8 Å². The molecule has 2 saturated heterocycles. The van der Waals surface area contributed by atoms with Crippen LogP contribution in [0.15, 0.2) is 55.6 Å². The molecule has 9 nitrogen and oxygen atoms in total. The van der Waals surface area contributed by atoms with Crippen molar-refractivity contribution in [2.75, 3.05) is 44.2 Å². The minimum Gasteiger partial charge on any atom is -0.353 e. The molecule has 1 atom stereocenters. The van der Waals surface area contributed by atoms with Crippen molar-refractivity contribution in [1.29, 1.82) is 0 Å². The average molecular weight is 457 g/mol. The number of amides is 1. The summed E-state index contributed by atoms with van der Waals surface area (Å²) in [5, 5.41) is 0. The van der Waals surface area contributed by atoms with E-state index in [0.29, 0.717) is 11.6 Å². The van der Waals surface area contributed by atoms with Gasteiger partial charge in [0.25, 0.3) is 5.91 Å². The maximum Gasteiger partial charge on any atom is 0.257 e. The quantitative estimate of drug-likeness (QED) is 0.590. The molecule has 1 amide bonds. The summed E-state index contributed by atoms with van der Waals surface area (Å²) in [7, 11) is 0. The molecule has 6 rings (SSSR count). The first-order valence-corrected chi connectivity index (χ1v) is 12.0. The van der Waals surface area contributed by atoms with Gasteiger partial charge in [-0.25, -0.2) is 15.0 Å². The number of carbonyl (C=O) groups is 1. The van der Waals surface area contributed by atoms with Crippen LogP contribution in [0.3, 0.4) is 0 Å². The Hall–Kier alpha value is -3.46. The molecule has 0 aromatic carbocycles.